The number of hydrogen-bond acceptors (Lipinski definition) is 4. The zero-order chi connectivity index (χ0) is 15.4. The molecule has 0 atom stereocenters. The van der Waals surface area contributed by atoms with Crippen molar-refractivity contribution < 1.29 is 9.90 Å². The molecule has 0 saturated heterocycles. The Kier molecular flexibility index (Phi) is 3.78. The minimum atomic E-state index is -0.941. The Morgan fingerprint density at radius 1 is 1.09 bits per heavy atom. The van der Waals surface area contributed by atoms with Crippen LogP contribution < -0.4 is 5.43 Å². The molecule has 2 N–H and O–H groups in total. The van der Waals surface area contributed by atoms with E-state index in [-0.39, 0.29) is 5.56 Å². The van der Waals surface area contributed by atoms with Crippen LogP contribution in [0.4, 0.5) is 5.69 Å². The minimum Gasteiger partial charge on any atom is -0.478 e. The first kappa shape index (κ1) is 13.8. The van der Waals surface area contributed by atoms with Crippen LogP contribution in [0.5, 0.6) is 0 Å². The SMILES string of the molecule is O=C(O)c1ccc(/C=N\Nc2cccc3cccnc23)cc1. The Labute approximate surface area is 126 Å². The molecule has 3 aromatic rings. The van der Waals surface area contributed by atoms with E-state index in [2.05, 4.69) is 15.5 Å². The topological polar surface area (TPSA) is 74.6 Å². The number of aromatic nitrogens is 1. The van der Waals surface area contributed by atoms with Gasteiger partial charge in [0.25, 0.3) is 0 Å². The van der Waals surface area contributed by atoms with E-state index in [1.165, 1.54) is 0 Å². The van der Waals surface area contributed by atoms with E-state index in [0.29, 0.717) is 0 Å². The molecule has 0 unspecified atom stereocenters. The second kappa shape index (κ2) is 6.05. The van der Waals surface area contributed by atoms with Crippen LogP contribution in [0.2, 0.25) is 0 Å². The number of hydrogen-bond donors (Lipinski definition) is 2. The molecule has 0 aliphatic rings. The molecular formula is C17H13N3O2. The van der Waals surface area contributed by atoms with Crippen molar-refractivity contribution in [3.8, 4) is 0 Å². The lowest BCUT2D eigenvalue weighted by atomic mass is 10.1. The number of nitrogens with zero attached hydrogens (tertiary/aromatic N) is 2. The van der Waals surface area contributed by atoms with Gasteiger partial charge in [-0.15, -0.1) is 0 Å². The molecule has 0 aliphatic heterocycles. The number of carboxylic acids is 1. The largest absolute Gasteiger partial charge is 0.478 e. The second-order valence-electron chi connectivity index (χ2n) is 4.68. The highest BCUT2D eigenvalue weighted by Gasteiger charge is 2.01. The van der Waals surface area contributed by atoms with Gasteiger partial charge in [0, 0.05) is 11.6 Å². The summed E-state index contributed by atoms with van der Waals surface area (Å²) in [6.07, 6.45) is 3.37. The third-order valence-corrected chi connectivity index (χ3v) is 3.19. The number of carboxylic acid groups (broad SMARTS) is 1. The van der Waals surface area contributed by atoms with Crippen LogP contribution in [0, 0.1) is 0 Å². The van der Waals surface area contributed by atoms with Gasteiger partial charge in [-0.2, -0.15) is 5.10 Å². The Morgan fingerprint density at radius 3 is 2.64 bits per heavy atom. The van der Waals surface area contributed by atoms with E-state index in [0.717, 1.165) is 22.2 Å². The van der Waals surface area contributed by atoms with E-state index in [1.54, 1.807) is 36.7 Å². The fourth-order valence-electron chi connectivity index (χ4n) is 2.08. The smallest absolute Gasteiger partial charge is 0.335 e. The van der Waals surface area contributed by atoms with Crippen molar-refractivity contribution in [1.82, 2.24) is 4.98 Å². The number of aromatic carboxylic acids is 1. The molecule has 1 aromatic heterocycles. The number of pyridine rings is 1. The van der Waals surface area contributed by atoms with Gasteiger partial charge >= 0.3 is 5.97 Å². The van der Waals surface area contributed by atoms with Crippen LogP contribution in [0.3, 0.4) is 0 Å². The van der Waals surface area contributed by atoms with Gasteiger partial charge in [0.05, 0.1) is 23.0 Å². The average molecular weight is 291 g/mol. The number of nitrogens with one attached hydrogen (secondary N) is 1. The summed E-state index contributed by atoms with van der Waals surface area (Å²) in [5.74, 6) is -0.941. The van der Waals surface area contributed by atoms with Gasteiger partial charge in [-0.1, -0.05) is 30.3 Å². The molecule has 0 spiro atoms. The number of carbonyl (C=O) groups is 1. The van der Waals surface area contributed by atoms with Crippen LogP contribution in [0.15, 0.2) is 65.9 Å². The van der Waals surface area contributed by atoms with Gasteiger partial charge in [0.2, 0.25) is 0 Å². The zero-order valence-electron chi connectivity index (χ0n) is 11.6. The van der Waals surface area contributed by atoms with E-state index in [1.807, 2.05) is 30.3 Å². The monoisotopic (exact) mass is 291 g/mol. The Hall–Kier alpha value is -3.21. The summed E-state index contributed by atoms with van der Waals surface area (Å²) in [5, 5.41) is 14.1. The molecular weight excluding hydrogens is 278 g/mol. The predicted octanol–water partition coefficient (Wildman–Crippen LogP) is 3.38. The first-order valence-electron chi connectivity index (χ1n) is 6.70. The van der Waals surface area contributed by atoms with Crippen molar-refractivity contribution in [1.29, 1.82) is 0 Å². The molecule has 0 fully saturated rings. The fraction of sp³-hybridized carbons (Fsp3) is 0. The summed E-state index contributed by atoms with van der Waals surface area (Å²) in [6, 6.07) is 16.2. The van der Waals surface area contributed by atoms with Crippen LogP contribution in [0.25, 0.3) is 10.9 Å². The van der Waals surface area contributed by atoms with E-state index >= 15 is 0 Å². The molecule has 5 heteroatoms. The molecule has 0 aliphatic carbocycles. The molecule has 3 rings (SSSR count). The average Bonchev–Trinajstić information content (AvgIpc) is 2.55. The first-order chi connectivity index (χ1) is 10.7. The van der Waals surface area contributed by atoms with Crippen LogP contribution >= 0.6 is 0 Å². The Morgan fingerprint density at radius 2 is 1.86 bits per heavy atom. The quantitative estimate of drug-likeness (QED) is 0.571. The van der Waals surface area contributed by atoms with Gasteiger partial charge in [0.1, 0.15) is 0 Å². The molecule has 108 valence electrons. The summed E-state index contributed by atoms with van der Waals surface area (Å²) < 4.78 is 0. The fourth-order valence-corrected chi connectivity index (χ4v) is 2.08. The maximum absolute atomic E-state index is 10.8. The predicted molar refractivity (Wildman–Crippen MR) is 86.4 cm³/mol. The Balaban J connectivity index is 1.77. The highest BCUT2D eigenvalue weighted by atomic mass is 16.4. The Bertz CT molecular complexity index is 837. The maximum atomic E-state index is 10.8. The van der Waals surface area contributed by atoms with E-state index < -0.39 is 5.97 Å². The zero-order valence-corrected chi connectivity index (χ0v) is 11.6. The lowest BCUT2D eigenvalue weighted by molar-refractivity contribution is 0.0697. The van der Waals surface area contributed by atoms with E-state index in [4.69, 9.17) is 5.11 Å². The van der Waals surface area contributed by atoms with Crippen molar-refractivity contribution in [3.63, 3.8) is 0 Å². The van der Waals surface area contributed by atoms with Gasteiger partial charge < -0.3 is 5.11 Å². The third kappa shape index (κ3) is 2.93. The molecule has 0 saturated carbocycles. The van der Waals surface area contributed by atoms with Gasteiger partial charge in [-0.05, 0) is 29.8 Å². The number of rotatable bonds is 4. The van der Waals surface area contributed by atoms with Crippen molar-refractivity contribution in [2.75, 3.05) is 5.43 Å². The van der Waals surface area contributed by atoms with Crippen molar-refractivity contribution in [2.24, 2.45) is 5.10 Å². The maximum Gasteiger partial charge on any atom is 0.335 e. The molecule has 22 heavy (non-hydrogen) atoms. The lowest BCUT2D eigenvalue weighted by Gasteiger charge is -2.04. The minimum absolute atomic E-state index is 0.253. The first-order valence-corrected chi connectivity index (χ1v) is 6.70. The second-order valence-corrected chi connectivity index (χ2v) is 4.68. The summed E-state index contributed by atoms with van der Waals surface area (Å²) in [6.45, 7) is 0. The molecule has 5 nitrogen and oxygen atoms in total. The number of anilines is 1. The van der Waals surface area contributed by atoms with E-state index in [9.17, 15) is 4.79 Å². The molecule has 0 bridgehead atoms. The highest BCUT2D eigenvalue weighted by molar-refractivity contribution is 5.91. The van der Waals surface area contributed by atoms with Crippen molar-refractivity contribution in [2.45, 2.75) is 0 Å². The number of hydrazone groups is 1. The number of para-hydroxylation sites is 1. The molecule has 0 radical (unpaired) electrons. The van der Waals surface area contributed by atoms with Gasteiger partial charge in [-0.25, -0.2) is 4.79 Å². The van der Waals surface area contributed by atoms with Crippen LogP contribution in [0.1, 0.15) is 15.9 Å². The van der Waals surface area contributed by atoms with Gasteiger partial charge in [-0.3, -0.25) is 10.4 Å². The standard InChI is InChI=1S/C17H13N3O2/c21-17(22)14-8-6-12(7-9-14)11-19-20-15-5-1-3-13-4-2-10-18-16(13)15/h1-11,20H,(H,21,22)/b19-11-. The van der Waals surface area contributed by atoms with Crippen LogP contribution in [-0.2, 0) is 0 Å². The summed E-state index contributed by atoms with van der Waals surface area (Å²) in [4.78, 5) is 15.1. The molecule has 1 heterocycles. The summed E-state index contributed by atoms with van der Waals surface area (Å²) in [5.41, 5.74) is 5.69. The lowest BCUT2D eigenvalue weighted by Crippen LogP contribution is -1.96. The molecule has 2 aromatic carbocycles. The van der Waals surface area contributed by atoms with Crippen LogP contribution in [-0.4, -0.2) is 22.3 Å². The summed E-state index contributed by atoms with van der Waals surface area (Å²) in [7, 11) is 0. The molecule has 0 amide bonds. The normalized spacial score (nSPS) is 10.9. The number of benzene rings is 2. The van der Waals surface area contributed by atoms with Crippen molar-refractivity contribution >= 4 is 28.8 Å². The summed E-state index contributed by atoms with van der Waals surface area (Å²) >= 11 is 0. The highest BCUT2D eigenvalue weighted by Crippen LogP contribution is 2.20. The van der Waals surface area contributed by atoms with Crippen molar-refractivity contribution in [3.05, 3.63) is 71.9 Å². The van der Waals surface area contributed by atoms with Gasteiger partial charge in [0.15, 0.2) is 0 Å². The number of fused-ring (bicyclic) bond motifs is 1. The third-order valence-electron chi connectivity index (χ3n) is 3.19.